The Bertz CT molecular complexity index is 744. The monoisotopic (exact) mass is 262 g/mol. The Labute approximate surface area is 107 Å². The number of halogens is 1. The molecule has 0 radical (unpaired) electrons. The number of anilines is 1. The van der Waals surface area contributed by atoms with Crippen molar-refractivity contribution in [2.24, 2.45) is 7.05 Å². The van der Waals surface area contributed by atoms with Crippen molar-refractivity contribution in [2.45, 2.75) is 6.92 Å². The molecule has 0 aliphatic rings. The molecule has 0 fully saturated rings. The number of nitrogens with zero attached hydrogens (tertiary/aromatic N) is 3. The van der Waals surface area contributed by atoms with E-state index in [1.807, 2.05) is 24.6 Å². The van der Waals surface area contributed by atoms with E-state index in [1.54, 1.807) is 6.07 Å². The van der Waals surface area contributed by atoms with Crippen LogP contribution in [0.15, 0.2) is 18.2 Å². The summed E-state index contributed by atoms with van der Waals surface area (Å²) in [4.78, 5) is 9.41. The maximum Gasteiger partial charge on any atom is 0.180 e. The third-order valence-corrected chi connectivity index (χ3v) is 3.86. The van der Waals surface area contributed by atoms with Gasteiger partial charge in [-0.2, -0.15) is 0 Å². The number of thiazole rings is 1. The molecule has 3 aromatic rings. The van der Waals surface area contributed by atoms with E-state index in [9.17, 15) is 4.39 Å². The Morgan fingerprint density at radius 1 is 1.33 bits per heavy atom. The summed E-state index contributed by atoms with van der Waals surface area (Å²) in [5.74, 6) is 0.381. The first kappa shape index (κ1) is 11.2. The maximum absolute atomic E-state index is 13.7. The summed E-state index contributed by atoms with van der Waals surface area (Å²) in [6.07, 6.45) is 0. The molecule has 4 nitrogen and oxygen atoms in total. The number of imidazole rings is 1. The van der Waals surface area contributed by atoms with Crippen LogP contribution >= 0.6 is 11.3 Å². The van der Waals surface area contributed by atoms with Gasteiger partial charge in [-0.25, -0.2) is 14.4 Å². The smallest absolute Gasteiger partial charge is 0.180 e. The summed E-state index contributed by atoms with van der Waals surface area (Å²) in [6, 6.07) is 4.93. The van der Waals surface area contributed by atoms with Crippen molar-refractivity contribution in [3.63, 3.8) is 0 Å². The van der Waals surface area contributed by atoms with Crippen molar-refractivity contribution in [3.05, 3.63) is 29.7 Å². The molecular weight excluding hydrogens is 251 g/mol. The predicted octanol–water partition coefficient (Wildman–Crippen LogP) is 2.73. The molecule has 0 saturated carbocycles. The zero-order valence-electron chi connectivity index (χ0n) is 9.94. The van der Waals surface area contributed by atoms with Gasteiger partial charge >= 0.3 is 0 Å². The first-order valence-electron chi connectivity index (χ1n) is 5.42. The van der Waals surface area contributed by atoms with Gasteiger partial charge in [-0.1, -0.05) is 17.4 Å². The molecule has 0 unspecified atom stereocenters. The number of hydrogen-bond acceptors (Lipinski definition) is 4. The molecule has 0 saturated heterocycles. The average molecular weight is 262 g/mol. The lowest BCUT2D eigenvalue weighted by atomic mass is 10.3. The highest BCUT2D eigenvalue weighted by Crippen LogP contribution is 2.32. The highest BCUT2D eigenvalue weighted by molar-refractivity contribution is 7.18. The first-order chi connectivity index (χ1) is 8.58. The first-order valence-corrected chi connectivity index (χ1v) is 6.24. The van der Waals surface area contributed by atoms with E-state index in [2.05, 4.69) is 9.97 Å². The minimum Gasteiger partial charge on any atom is -0.375 e. The second-order valence-electron chi connectivity index (χ2n) is 4.07. The molecule has 1 aromatic carbocycles. The normalized spacial score (nSPS) is 11.3. The molecule has 0 aliphatic carbocycles. The molecule has 0 atom stereocenters. The van der Waals surface area contributed by atoms with Gasteiger partial charge in [-0.05, 0) is 19.1 Å². The van der Waals surface area contributed by atoms with Gasteiger partial charge in [0.2, 0.25) is 0 Å². The fraction of sp³-hybridized carbons (Fsp3) is 0.167. The van der Waals surface area contributed by atoms with Crippen LogP contribution in [-0.4, -0.2) is 14.5 Å². The van der Waals surface area contributed by atoms with Crippen LogP contribution in [0.5, 0.6) is 0 Å². The van der Waals surface area contributed by atoms with Gasteiger partial charge < -0.3 is 10.3 Å². The van der Waals surface area contributed by atoms with E-state index in [4.69, 9.17) is 5.73 Å². The number of rotatable bonds is 1. The number of benzene rings is 1. The summed E-state index contributed by atoms with van der Waals surface area (Å²) in [5, 5.41) is 0.495. The number of aryl methyl sites for hydroxylation is 2. The Morgan fingerprint density at radius 3 is 2.72 bits per heavy atom. The fourth-order valence-electron chi connectivity index (χ4n) is 2.01. The zero-order chi connectivity index (χ0) is 12.9. The molecule has 18 heavy (non-hydrogen) atoms. The van der Waals surface area contributed by atoms with E-state index in [1.165, 1.54) is 17.4 Å². The Kier molecular flexibility index (Phi) is 2.34. The quantitative estimate of drug-likeness (QED) is 0.733. The standard InChI is InChI=1S/C12H11FN4S/c1-6-10(18-12(14)15-6)11-16-9-7(13)4-3-5-8(9)17(11)2/h3-5H,1-2H3,(H2,14,15). The zero-order valence-corrected chi connectivity index (χ0v) is 10.8. The maximum atomic E-state index is 13.7. The minimum absolute atomic E-state index is 0.315. The number of nitrogen functional groups attached to an aromatic ring is 1. The number of para-hydroxylation sites is 1. The topological polar surface area (TPSA) is 56.7 Å². The Morgan fingerprint density at radius 2 is 2.11 bits per heavy atom. The lowest BCUT2D eigenvalue weighted by Crippen LogP contribution is -1.91. The summed E-state index contributed by atoms with van der Waals surface area (Å²) in [6.45, 7) is 1.87. The van der Waals surface area contributed by atoms with Gasteiger partial charge in [-0.15, -0.1) is 0 Å². The third-order valence-electron chi connectivity index (χ3n) is 2.88. The fourth-order valence-corrected chi connectivity index (χ4v) is 2.87. The van der Waals surface area contributed by atoms with Crippen molar-refractivity contribution < 1.29 is 4.39 Å². The van der Waals surface area contributed by atoms with Gasteiger partial charge in [0.25, 0.3) is 0 Å². The van der Waals surface area contributed by atoms with Crippen molar-refractivity contribution in [3.8, 4) is 10.7 Å². The van der Waals surface area contributed by atoms with E-state index in [0.29, 0.717) is 16.5 Å². The lowest BCUT2D eigenvalue weighted by Gasteiger charge is -1.99. The number of hydrogen-bond donors (Lipinski definition) is 1. The van der Waals surface area contributed by atoms with Crippen LogP contribution in [0.2, 0.25) is 0 Å². The van der Waals surface area contributed by atoms with Gasteiger partial charge in [0.1, 0.15) is 5.52 Å². The molecular formula is C12H11FN4S. The highest BCUT2D eigenvalue weighted by atomic mass is 32.1. The summed E-state index contributed by atoms with van der Waals surface area (Å²) in [7, 11) is 1.86. The minimum atomic E-state index is -0.315. The predicted molar refractivity (Wildman–Crippen MR) is 70.9 cm³/mol. The van der Waals surface area contributed by atoms with E-state index in [-0.39, 0.29) is 5.82 Å². The SMILES string of the molecule is Cc1nc(N)sc1-c1nc2c(F)cccc2n1C. The van der Waals surface area contributed by atoms with Crippen molar-refractivity contribution >= 4 is 27.5 Å². The second kappa shape index (κ2) is 3.78. The van der Waals surface area contributed by atoms with E-state index >= 15 is 0 Å². The number of fused-ring (bicyclic) bond motifs is 1. The Balaban J connectivity index is 2.34. The van der Waals surface area contributed by atoms with Crippen LogP contribution in [0.25, 0.3) is 21.7 Å². The summed E-state index contributed by atoms with van der Waals surface area (Å²) >= 11 is 1.36. The molecule has 0 aliphatic heterocycles. The molecule has 2 heterocycles. The van der Waals surface area contributed by atoms with Crippen LogP contribution in [0.1, 0.15) is 5.69 Å². The van der Waals surface area contributed by atoms with Crippen LogP contribution in [-0.2, 0) is 7.05 Å². The van der Waals surface area contributed by atoms with Crippen molar-refractivity contribution in [2.75, 3.05) is 5.73 Å². The lowest BCUT2D eigenvalue weighted by molar-refractivity contribution is 0.637. The number of nitrogens with two attached hydrogens (primary N) is 1. The van der Waals surface area contributed by atoms with Crippen molar-refractivity contribution in [1.29, 1.82) is 0 Å². The highest BCUT2D eigenvalue weighted by Gasteiger charge is 2.17. The van der Waals surface area contributed by atoms with Crippen LogP contribution in [0, 0.1) is 12.7 Å². The molecule has 0 bridgehead atoms. The van der Waals surface area contributed by atoms with Crippen LogP contribution in [0.3, 0.4) is 0 Å². The molecule has 2 N–H and O–H groups in total. The van der Waals surface area contributed by atoms with Crippen LogP contribution < -0.4 is 5.73 Å². The van der Waals surface area contributed by atoms with Gasteiger partial charge in [-0.3, -0.25) is 0 Å². The molecule has 0 amide bonds. The summed E-state index contributed by atoms with van der Waals surface area (Å²) in [5.41, 5.74) is 7.64. The average Bonchev–Trinajstić information content (AvgIpc) is 2.81. The molecule has 2 aromatic heterocycles. The van der Waals surface area contributed by atoms with Gasteiger partial charge in [0, 0.05) is 7.05 Å². The number of aromatic nitrogens is 3. The van der Waals surface area contributed by atoms with E-state index < -0.39 is 0 Å². The van der Waals surface area contributed by atoms with Crippen LogP contribution in [0.4, 0.5) is 9.52 Å². The largest absolute Gasteiger partial charge is 0.375 e. The molecule has 0 spiro atoms. The van der Waals surface area contributed by atoms with Crippen molar-refractivity contribution in [1.82, 2.24) is 14.5 Å². The third kappa shape index (κ3) is 1.49. The Hall–Kier alpha value is -1.95. The van der Waals surface area contributed by atoms with Gasteiger partial charge in [0.05, 0.1) is 16.1 Å². The summed E-state index contributed by atoms with van der Waals surface area (Å²) < 4.78 is 15.5. The van der Waals surface area contributed by atoms with Gasteiger partial charge in [0.15, 0.2) is 16.8 Å². The molecule has 3 rings (SSSR count). The van der Waals surface area contributed by atoms with E-state index in [0.717, 1.165) is 16.1 Å². The molecule has 6 heteroatoms. The second-order valence-corrected chi connectivity index (χ2v) is 5.10. The molecule has 92 valence electrons.